The zero-order valence-electron chi connectivity index (χ0n) is 13.6. The van der Waals surface area contributed by atoms with Gasteiger partial charge in [-0.25, -0.2) is 8.42 Å². The maximum atomic E-state index is 12.7. The second kappa shape index (κ2) is 6.63. The molecule has 2 aliphatic rings. The van der Waals surface area contributed by atoms with E-state index in [-0.39, 0.29) is 23.5 Å². The maximum absolute atomic E-state index is 12.7. The van der Waals surface area contributed by atoms with Crippen LogP contribution >= 0.6 is 0 Å². The average Bonchev–Trinajstić information content (AvgIpc) is 2.96. The number of hydrogen-bond donors (Lipinski definition) is 0. The summed E-state index contributed by atoms with van der Waals surface area (Å²) < 4.78 is 25.6. The molecule has 128 valence electrons. The number of hydrogen-bond acceptors (Lipinski definition) is 4. The second-order valence-corrected chi connectivity index (χ2v) is 9.02. The molecule has 6 nitrogen and oxygen atoms in total. The Bertz CT molecular complexity index is 662. The van der Waals surface area contributed by atoms with Gasteiger partial charge in [-0.05, 0) is 32.3 Å². The molecule has 23 heavy (non-hydrogen) atoms. The van der Waals surface area contributed by atoms with E-state index in [9.17, 15) is 13.2 Å². The Hall–Kier alpha value is -1.37. The van der Waals surface area contributed by atoms with E-state index in [1.165, 1.54) is 19.3 Å². The van der Waals surface area contributed by atoms with Crippen molar-refractivity contribution in [3.63, 3.8) is 0 Å². The minimum atomic E-state index is -3.05. The molecular weight excluding hydrogens is 314 g/mol. The van der Waals surface area contributed by atoms with E-state index in [0.29, 0.717) is 24.7 Å². The summed E-state index contributed by atoms with van der Waals surface area (Å²) in [6.45, 7) is 2.29. The molecule has 1 atom stereocenters. The van der Waals surface area contributed by atoms with Gasteiger partial charge in [0.05, 0.1) is 17.5 Å². The van der Waals surface area contributed by atoms with Gasteiger partial charge in [-0.1, -0.05) is 19.3 Å². The molecule has 2 fully saturated rings. The fourth-order valence-corrected chi connectivity index (χ4v) is 5.32. The molecule has 2 heterocycles. The van der Waals surface area contributed by atoms with Gasteiger partial charge in [-0.15, -0.1) is 0 Å². The van der Waals surface area contributed by atoms with Gasteiger partial charge >= 0.3 is 0 Å². The van der Waals surface area contributed by atoms with Gasteiger partial charge < -0.3 is 4.90 Å². The standard InChI is InChI=1S/C16H25N3O3S/c1-13-12-23(21,22)11-5-9-18(13)16(20)15-8-10-19(17-15)14-6-3-2-4-7-14/h8,10,13-14H,2-7,9,11-12H2,1H3. The van der Waals surface area contributed by atoms with Crippen LogP contribution in [-0.4, -0.2) is 53.1 Å². The minimum Gasteiger partial charge on any atom is -0.333 e. The summed E-state index contributed by atoms with van der Waals surface area (Å²) >= 11 is 0. The first kappa shape index (κ1) is 16.5. The van der Waals surface area contributed by atoms with E-state index >= 15 is 0 Å². The van der Waals surface area contributed by atoms with Crippen molar-refractivity contribution >= 4 is 15.7 Å². The van der Waals surface area contributed by atoms with Crippen LogP contribution in [0, 0.1) is 0 Å². The molecular formula is C16H25N3O3S. The lowest BCUT2D eigenvalue weighted by Gasteiger charge is -2.26. The monoisotopic (exact) mass is 339 g/mol. The summed E-state index contributed by atoms with van der Waals surface area (Å²) in [6.07, 6.45) is 8.35. The third-order valence-corrected chi connectivity index (χ3v) is 6.82. The lowest BCUT2D eigenvalue weighted by molar-refractivity contribution is 0.0705. The van der Waals surface area contributed by atoms with E-state index in [2.05, 4.69) is 5.10 Å². The normalized spacial score (nSPS) is 26.0. The van der Waals surface area contributed by atoms with Gasteiger partial charge in [0, 0.05) is 18.8 Å². The average molecular weight is 339 g/mol. The smallest absolute Gasteiger partial charge is 0.274 e. The van der Waals surface area contributed by atoms with Crippen molar-refractivity contribution in [1.82, 2.24) is 14.7 Å². The first-order valence-corrected chi connectivity index (χ1v) is 10.3. The van der Waals surface area contributed by atoms with Crippen molar-refractivity contribution in [3.8, 4) is 0 Å². The fourth-order valence-electron chi connectivity index (χ4n) is 3.67. The topological polar surface area (TPSA) is 72.3 Å². The molecule has 0 bridgehead atoms. The van der Waals surface area contributed by atoms with E-state index in [1.807, 2.05) is 10.9 Å². The molecule has 7 heteroatoms. The Morgan fingerprint density at radius 1 is 1.22 bits per heavy atom. The van der Waals surface area contributed by atoms with Crippen LogP contribution in [0.2, 0.25) is 0 Å². The summed E-state index contributed by atoms with van der Waals surface area (Å²) in [5, 5.41) is 4.49. The number of rotatable bonds is 2. The van der Waals surface area contributed by atoms with E-state index < -0.39 is 9.84 Å². The van der Waals surface area contributed by atoms with Crippen molar-refractivity contribution < 1.29 is 13.2 Å². The molecule has 1 saturated heterocycles. The highest BCUT2D eigenvalue weighted by Gasteiger charge is 2.30. The zero-order valence-corrected chi connectivity index (χ0v) is 14.5. The third-order valence-electron chi connectivity index (χ3n) is 4.92. The molecule has 1 unspecified atom stereocenters. The lowest BCUT2D eigenvalue weighted by Crippen LogP contribution is -2.41. The zero-order chi connectivity index (χ0) is 16.4. The SMILES string of the molecule is CC1CS(=O)(=O)CCCN1C(=O)c1ccn(C2CCCCC2)n1. The van der Waals surface area contributed by atoms with Crippen LogP contribution < -0.4 is 0 Å². The number of carbonyl (C=O) groups is 1. The van der Waals surface area contributed by atoms with Gasteiger partial charge in [0.25, 0.3) is 5.91 Å². The highest BCUT2D eigenvalue weighted by Crippen LogP contribution is 2.27. The molecule has 3 rings (SSSR count). The van der Waals surface area contributed by atoms with Crippen molar-refractivity contribution in [2.45, 2.75) is 57.5 Å². The number of aromatic nitrogens is 2. The predicted octanol–water partition coefficient (Wildman–Crippen LogP) is 2.04. The van der Waals surface area contributed by atoms with Crippen LogP contribution in [0.5, 0.6) is 0 Å². The molecule has 1 aromatic rings. The maximum Gasteiger partial charge on any atom is 0.274 e. The van der Waals surface area contributed by atoms with Crippen molar-refractivity contribution in [2.24, 2.45) is 0 Å². The predicted molar refractivity (Wildman–Crippen MR) is 88.1 cm³/mol. The Balaban J connectivity index is 1.73. The molecule has 1 aliphatic heterocycles. The van der Waals surface area contributed by atoms with Crippen LogP contribution in [-0.2, 0) is 9.84 Å². The number of nitrogens with zero attached hydrogens (tertiary/aromatic N) is 3. The van der Waals surface area contributed by atoms with Gasteiger partial charge in [0.2, 0.25) is 0 Å². The first-order chi connectivity index (χ1) is 11.0. The molecule has 1 aromatic heterocycles. The van der Waals surface area contributed by atoms with Crippen LogP contribution in [0.15, 0.2) is 12.3 Å². The molecule has 0 N–H and O–H groups in total. The first-order valence-electron chi connectivity index (χ1n) is 8.53. The summed E-state index contributed by atoms with van der Waals surface area (Å²) in [6, 6.07) is 1.87. The molecule has 0 aromatic carbocycles. The fraction of sp³-hybridized carbons (Fsp3) is 0.750. The van der Waals surface area contributed by atoms with Crippen LogP contribution in [0.25, 0.3) is 0 Å². The summed E-state index contributed by atoms with van der Waals surface area (Å²) in [5.74, 6) is 0.0591. The van der Waals surface area contributed by atoms with Gasteiger partial charge in [0.15, 0.2) is 9.84 Å². The van der Waals surface area contributed by atoms with Crippen molar-refractivity contribution in [2.75, 3.05) is 18.1 Å². The molecule has 1 aliphatic carbocycles. The summed E-state index contributed by atoms with van der Waals surface area (Å²) in [5.41, 5.74) is 0.432. The van der Waals surface area contributed by atoms with Crippen LogP contribution in [0.1, 0.15) is 62.0 Å². The third kappa shape index (κ3) is 3.76. The van der Waals surface area contributed by atoms with Crippen molar-refractivity contribution in [3.05, 3.63) is 18.0 Å². The van der Waals surface area contributed by atoms with E-state index in [4.69, 9.17) is 0 Å². The summed E-state index contributed by atoms with van der Waals surface area (Å²) in [4.78, 5) is 14.4. The second-order valence-electron chi connectivity index (χ2n) is 6.79. The highest BCUT2D eigenvalue weighted by molar-refractivity contribution is 7.91. The molecule has 1 saturated carbocycles. The Labute approximate surface area is 137 Å². The van der Waals surface area contributed by atoms with Crippen LogP contribution in [0.3, 0.4) is 0 Å². The lowest BCUT2D eigenvalue weighted by atomic mass is 9.96. The van der Waals surface area contributed by atoms with E-state index in [1.54, 1.807) is 17.9 Å². The van der Waals surface area contributed by atoms with E-state index in [0.717, 1.165) is 12.8 Å². The highest BCUT2D eigenvalue weighted by atomic mass is 32.2. The summed E-state index contributed by atoms with van der Waals surface area (Å²) in [7, 11) is -3.05. The van der Waals surface area contributed by atoms with Crippen LogP contribution in [0.4, 0.5) is 0 Å². The molecule has 1 amide bonds. The Morgan fingerprint density at radius 3 is 2.70 bits per heavy atom. The Morgan fingerprint density at radius 2 is 1.96 bits per heavy atom. The largest absolute Gasteiger partial charge is 0.333 e. The van der Waals surface area contributed by atoms with Crippen molar-refractivity contribution in [1.29, 1.82) is 0 Å². The molecule has 0 spiro atoms. The molecule has 0 radical (unpaired) electrons. The Kier molecular flexibility index (Phi) is 4.75. The number of amides is 1. The van der Waals surface area contributed by atoms with Gasteiger partial charge in [-0.2, -0.15) is 5.10 Å². The number of sulfone groups is 1. The minimum absolute atomic E-state index is 0.0437. The number of carbonyl (C=O) groups excluding carboxylic acids is 1. The van der Waals surface area contributed by atoms with Gasteiger partial charge in [-0.3, -0.25) is 9.48 Å². The quantitative estimate of drug-likeness (QED) is 0.826. The van der Waals surface area contributed by atoms with Gasteiger partial charge in [0.1, 0.15) is 5.69 Å².